The quantitative estimate of drug-likeness (QED) is 0.453. The van der Waals surface area contributed by atoms with Crippen LogP contribution in [0.4, 0.5) is 0 Å². The molecule has 0 spiro atoms. The van der Waals surface area contributed by atoms with Crippen molar-refractivity contribution in [3.63, 3.8) is 0 Å². The maximum Gasteiger partial charge on any atom is 0.303 e. The maximum atomic E-state index is 11.1. The lowest BCUT2D eigenvalue weighted by atomic mass is 9.95. The lowest BCUT2D eigenvalue weighted by molar-refractivity contribution is -0.00607. The van der Waals surface area contributed by atoms with Crippen LogP contribution in [0.15, 0.2) is 30.3 Å². The lowest BCUT2D eigenvalue weighted by Crippen LogP contribution is -2.14. The minimum Gasteiger partial charge on any atom is -0.361 e. The largest absolute Gasteiger partial charge is 0.361 e. The summed E-state index contributed by atoms with van der Waals surface area (Å²) in [6.45, 7) is 0. The fourth-order valence-electron chi connectivity index (χ4n) is 1.70. The van der Waals surface area contributed by atoms with E-state index in [0.717, 1.165) is 0 Å². The molecule has 1 aliphatic rings. The van der Waals surface area contributed by atoms with Gasteiger partial charge in [0.05, 0.1) is 16.9 Å². The fourth-order valence-corrected chi connectivity index (χ4v) is 2.45. The summed E-state index contributed by atoms with van der Waals surface area (Å²) in [4.78, 5) is 2.96. The Morgan fingerprint density at radius 1 is 1.25 bits per heavy atom. The molecule has 1 N–H and O–H groups in total. The molecule has 16 heavy (non-hydrogen) atoms. The van der Waals surface area contributed by atoms with Crippen LogP contribution in [0.3, 0.4) is 0 Å². The Bertz CT molecular complexity index is 625. The van der Waals surface area contributed by atoms with E-state index >= 15 is 0 Å². The van der Waals surface area contributed by atoms with Crippen LogP contribution in [0.2, 0.25) is 0 Å². The van der Waals surface area contributed by atoms with Crippen LogP contribution >= 0.6 is 0 Å². The molecule has 1 aromatic rings. The van der Waals surface area contributed by atoms with Crippen molar-refractivity contribution in [2.75, 3.05) is 0 Å². The molecule has 0 aromatic heterocycles. The van der Waals surface area contributed by atoms with Crippen molar-refractivity contribution in [2.24, 2.45) is 0 Å². The van der Waals surface area contributed by atoms with Gasteiger partial charge >= 0.3 is 5.71 Å². The van der Waals surface area contributed by atoms with Gasteiger partial charge in [0.25, 0.3) is 10.1 Å². The molecule has 6 heteroatoms. The van der Waals surface area contributed by atoms with Crippen LogP contribution in [0.25, 0.3) is 10.4 Å². The smallest absolute Gasteiger partial charge is 0.303 e. The first-order valence-electron chi connectivity index (χ1n) is 4.52. The molecule has 0 radical (unpaired) electrons. The summed E-state index contributed by atoms with van der Waals surface area (Å²) in [5.74, 6) is 0. The predicted molar refractivity (Wildman–Crippen MR) is 58.3 cm³/mol. The third-order valence-corrected chi connectivity index (χ3v) is 3.33. The number of fused-ring (bicyclic) bond motifs is 1. The molecule has 0 bridgehead atoms. The first-order valence-corrected chi connectivity index (χ1v) is 5.96. The zero-order valence-corrected chi connectivity index (χ0v) is 8.98. The average molecular weight is 236 g/mol. The first-order chi connectivity index (χ1) is 7.54. The van der Waals surface area contributed by atoms with Gasteiger partial charge < -0.3 is 5.53 Å². The summed E-state index contributed by atoms with van der Waals surface area (Å²) in [6, 6.07) is 6.55. The molecule has 0 heterocycles. The second-order valence-corrected chi connectivity index (χ2v) is 4.73. The van der Waals surface area contributed by atoms with Gasteiger partial charge in [-0.2, -0.15) is 13.2 Å². The summed E-state index contributed by atoms with van der Waals surface area (Å²) < 4.78 is 31.3. The zero-order chi connectivity index (χ0) is 11.8. The minimum absolute atomic E-state index is 0.143. The second kappa shape index (κ2) is 3.68. The number of rotatable bonds is 1. The van der Waals surface area contributed by atoms with E-state index in [2.05, 4.69) is 4.79 Å². The van der Waals surface area contributed by atoms with Gasteiger partial charge in [-0.3, -0.25) is 4.55 Å². The Kier molecular flexibility index (Phi) is 2.47. The van der Waals surface area contributed by atoms with Crippen LogP contribution in [0.5, 0.6) is 0 Å². The van der Waals surface area contributed by atoms with Crippen LogP contribution in [-0.2, 0) is 10.1 Å². The summed E-state index contributed by atoms with van der Waals surface area (Å²) in [6.07, 6.45) is 1.50. The molecule has 0 saturated heterocycles. The summed E-state index contributed by atoms with van der Waals surface area (Å²) in [5, 5.41) is 0. The molecule has 1 aliphatic carbocycles. The number of benzene rings is 1. The van der Waals surface area contributed by atoms with Crippen molar-refractivity contribution in [2.45, 2.75) is 6.42 Å². The van der Waals surface area contributed by atoms with Gasteiger partial charge in [0.1, 0.15) is 0 Å². The van der Waals surface area contributed by atoms with Crippen LogP contribution in [-0.4, -0.2) is 23.5 Å². The molecular weight excluding hydrogens is 228 g/mol. The summed E-state index contributed by atoms with van der Waals surface area (Å²) in [5.41, 5.74) is 10.0. The van der Waals surface area contributed by atoms with Crippen molar-refractivity contribution in [1.82, 2.24) is 0 Å². The molecule has 0 aliphatic heterocycles. The van der Waals surface area contributed by atoms with Crippen molar-refractivity contribution in [1.29, 1.82) is 0 Å². The second-order valence-electron chi connectivity index (χ2n) is 3.34. The van der Waals surface area contributed by atoms with Gasteiger partial charge in [-0.1, -0.05) is 24.3 Å². The molecule has 82 valence electrons. The van der Waals surface area contributed by atoms with E-state index in [9.17, 15) is 8.42 Å². The Balaban J connectivity index is 2.75. The van der Waals surface area contributed by atoms with E-state index in [1.54, 1.807) is 24.3 Å². The van der Waals surface area contributed by atoms with Gasteiger partial charge in [0, 0.05) is 5.56 Å². The molecule has 5 nitrogen and oxygen atoms in total. The van der Waals surface area contributed by atoms with E-state index in [-0.39, 0.29) is 11.3 Å². The van der Waals surface area contributed by atoms with Crippen LogP contribution in [0, 0.1) is 0 Å². The molecule has 0 fully saturated rings. The highest BCUT2D eigenvalue weighted by molar-refractivity contribution is 7.95. The van der Waals surface area contributed by atoms with E-state index in [1.165, 1.54) is 6.08 Å². The molecule has 0 atom stereocenters. The van der Waals surface area contributed by atoms with E-state index in [1.807, 2.05) is 0 Å². The lowest BCUT2D eigenvalue weighted by Gasteiger charge is -2.11. The predicted octanol–water partition coefficient (Wildman–Crippen LogP) is 1.34. The van der Waals surface area contributed by atoms with Gasteiger partial charge in [0.2, 0.25) is 0 Å². The minimum atomic E-state index is -4.25. The number of hydrogen-bond acceptors (Lipinski definition) is 2. The third-order valence-electron chi connectivity index (χ3n) is 2.38. The van der Waals surface area contributed by atoms with Crippen molar-refractivity contribution >= 4 is 20.7 Å². The highest BCUT2D eigenvalue weighted by Crippen LogP contribution is 2.29. The van der Waals surface area contributed by atoms with Gasteiger partial charge in [-0.05, 0) is 6.07 Å². The molecular formula is C10H8N2O3S. The third kappa shape index (κ3) is 1.69. The normalized spacial score (nSPS) is 15.1. The van der Waals surface area contributed by atoms with Crippen molar-refractivity contribution < 1.29 is 17.8 Å². The Morgan fingerprint density at radius 3 is 2.44 bits per heavy atom. The molecule has 0 unspecified atom stereocenters. The highest BCUT2D eigenvalue weighted by atomic mass is 32.2. The summed E-state index contributed by atoms with van der Waals surface area (Å²) in [7, 11) is -4.25. The van der Waals surface area contributed by atoms with Crippen LogP contribution < -0.4 is 0 Å². The van der Waals surface area contributed by atoms with Crippen LogP contribution in [0.1, 0.15) is 17.5 Å². The van der Waals surface area contributed by atoms with Gasteiger partial charge in [0.15, 0.2) is 0 Å². The number of allylic oxidation sites excluding steroid dienone is 1. The Labute approximate surface area is 92.4 Å². The molecule has 1 aromatic carbocycles. The maximum absolute atomic E-state index is 11.1. The van der Waals surface area contributed by atoms with Gasteiger partial charge in [-0.25, -0.2) is 0 Å². The van der Waals surface area contributed by atoms with E-state index in [0.29, 0.717) is 16.8 Å². The Hall–Kier alpha value is -1.75. The first kappa shape index (κ1) is 10.8. The zero-order valence-electron chi connectivity index (χ0n) is 8.16. The van der Waals surface area contributed by atoms with Crippen molar-refractivity contribution in [3.8, 4) is 0 Å². The molecule has 2 rings (SSSR count). The van der Waals surface area contributed by atoms with E-state index < -0.39 is 10.1 Å². The topological polar surface area (TPSA) is 90.8 Å². The van der Waals surface area contributed by atoms with E-state index in [4.69, 9.17) is 10.1 Å². The Morgan fingerprint density at radius 2 is 1.88 bits per heavy atom. The summed E-state index contributed by atoms with van der Waals surface area (Å²) >= 11 is 0. The number of hydrogen-bond donors (Lipinski definition) is 1. The highest BCUT2D eigenvalue weighted by Gasteiger charge is 2.28. The monoisotopic (exact) mass is 236 g/mol. The standard InChI is InChI=1S/C10H8N2O3S/c11-12-9-5-6-10(16(13,14)15)8-4-2-1-3-7(8)9/h1-4,6H,5H2,(H,13,14,15). The fraction of sp³-hybridized carbons (Fsp3) is 0.100. The SMILES string of the molecule is [N-]=[N+]=C1CC=C(S(=O)(=O)O)c2ccccc21. The molecule has 0 saturated carbocycles. The van der Waals surface area contributed by atoms with Crippen molar-refractivity contribution in [3.05, 3.63) is 47.0 Å². The average Bonchev–Trinajstić information content (AvgIpc) is 2.26. The molecule has 0 amide bonds. The van der Waals surface area contributed by atoms with Gasteiger partial charge in [-0.15, -0.1) is 0 Å². The number of nitrogens with zero attached hydrogens (tertiary/aromatic N) is 2.